The topological polar surface area (TPSA) is 90.7 Å². The number of thiophene rings is 1. The summed E-state index contributed by atoms with van der Waals surface area (Å²) in [6.07, 6.45) is -1.33. The summed E-state index contributed by atoms with van der Waals surface area (Å²) in [4.78, 5) is 25.6. The first-order valence-corrected chi connectivity index (χ1v) is 9.57. The summed E-state index contributed by atoms with van der Waals surface area (Å²) in [5.74, 6) is 0.102. The summed E-state index contributed by atoms with van der Waals surface area (Å²) in [5.41, 5.74) is 6.72. The second-order valence-electron chi connectivity index (χ2n) is 6.38. The van der Waals surface area contributed by atoms with E-state index in [4.69, 9.17) is 15.2 Å². The van der Waals surface area contributed by atoms with Crippen molar-refractivity contribution < 1.29 is 19.1 Å². The number of benzene rings is 2. The molecule has 0 fully saturated rings. The number of fused-ring (bicyclic) bond motifs is 1. The number of para-hydroxylation sites is 2. The first kappa shape index (κ1) is 18.1. The van der Waals surface area contributed by atoms with Gasteiger partial charge in [-0.25, -0.2) is 0 Å². The van der Waals surface area contributed by atoms with Gasteiger partial charge in [-0.2, -0.15) is 0 Å². The van der Waals surface area contributed by atoms with Crippen LogP contribution in [-0.4, -0.2) is 24.0 Å². The second-order valence-corrected chi connectivity index (χ2v) is 7.43. The summed E-state index contributed by atoms with van der Waals surface area (Å²) < 4.78 is 11.6. The minimum Gasteiger partial charge on any atom is -0.482 e. The number of nitrogens with two attached hydrogens (primary N) is 1. The number of hydrogen-bond donors (Lipinski definition) is 2. The van der Waals surface area contributed by atoms with Crippen LogP contribution in [-0.2, 0) is 4.79 Å². The van der Waals surface area contributed by atoms with E-state index in [1.807, 2.05) is 42.5 Å². The number of rotatable bonds is 4. The van der Waals surface area contributed by atoms with Crippen molar-refractivity contribution in [2.45, 2.75) is 19.1 Å². The number of nitrogens with one attached hydrogen (secondary N) is 1. The van der Waals surface area contributed by atoms with E-state index in [0.717, 1.165) is 10.4 Å². The predicted octanol–water partition coefficient (Wildman–Crippen LogP) is 3.68. The number of anilines is 1. The van der Waals surface area contributed by atoms with Gasteiger partial charge < -0.3 is 20.5 Å². The predicted molar refractivity (Wildman–Crippen MR) is 108 cm³/mol. The number of carbonyl (C=O) groups is 2. The van der Waals surface area contributed by atoms with Gasteiger partial charge in [-0.1, -0.05) is 42.5 Å². The third-order valence-electron chi connectivity index (χ3n) is 4.39. The lowest BCUT2D eigenvalue weighted by Crippen LogP contribution is -2.46. The smallest absolute Gasteiger partial charge is 0.269 e. The van der Waals surface area contributed by atoms with Crippen molar-refractivity contribution in [3.05, 3.63) is 66.2 Å². The Morgan fingerprint density at radius 1 is 1.00 bits per heavy atom. The van der Waals surface area contributed by atoms with E-state index in [2.05, 4.69) is 5.32 Å². The van der Waals surface area contributed by atoms with Crippen molar-refractivity contribution in [3.8, 4) is 21.9 Å². The van der Waals surface area contributed by atoms with Gasteiger partial charge in [0.05, 0.1) is 5.56 Å². The lowest BCUT2D eigenvalue weighted by atomic mass is 10.1. The molecule has 3 aromatic rings. The van der Waals surface area contributed by atoms with Crippen molar-refractivity contribution in [2.75, 3.05) is 5.32 Å². The van der Waals surface area contributed by atoms with Crippen LogP contribution in [0.1, 0.15) is 17.3 Å². The second kappa shape index (κ2) is 7.36. The molecule has 0 saturated heterocycles. The zero-order valence-corrected chi connectivity index (χ0v) is 15.9. The molecule has 0 aliphatic carbocycles. The van der Waals surface area contributed by atoms with Crippen LogP contribution in [0.5, 0.6) is 11.5 Å². The number of amides is 2. The molecule has 0 unspecified atom stereocenters. The molecule has 1 aliphatic rings. The number of ether oxygens (including phenoxy) is 2. The van der Waals surface area contributed by atoms with Gasteiger partial charge in [-0.05, 0) is 30.7 Å². The zero-order chi connectivity index (χ0) is 19.7. The van der Waals surface area contributed by atoms with Crippen LogP contribution in [0.25, 0.3) is 10.4 Å². The van der Waals surface area contributed by atoms with Crippen molar-refractivity contribution in [2.24, 2.45) is 5.73 Å². The Balaban J connectivity index is 1.59. The van der Waals surface area contributed by atoms with E-state index < -0.39 is 24.0 Å². The molecule has 2 heterocycles. The molecule has 0 saturated carbocycles. The summed E-state index contributed by atoms with van der Waals surface area (Å²) in [7, 11) is 0. The molecule has 3 N–H and O–H groups in total. The Hall–Kier alpha value is -3.32. The van der Waals surface area contributed by atoms with Crippen LogP contribution >= 0.6 is 11.3 Å². The van der Waals surface area contributed by atoms with Crippen molar-refractivity contribution in [3.63, 3.8) is 0 Å². The Morgan fingerprint density at radius 2 is 1.64 bits per heavy atom. The van der Waals surface area contributed by atoms with E-state index in [-0.39, 0.29) is 5.56 Å². The van der Waals surface area contributed by atoms with Crippen LogP contribution < -0.4 is 20.5 Å². The molecular weight excluding hydrogens is 376 g/mol. The Morgan fingerprint density at radius 3 is 2.32 bits per heavy atom. The minimum absolute atomic E-state index is 0.266. The van der Waals surface area contributed by atoms with Gasteiger partial charge in [0.15, 0.2) is 11.5 Å². The van der Waals surface area contributed by atoms with Crippen molar-refractivity contribution in [1.82, 2.24) is 0 Å². The standard InChI is InChI=1S/C21H18N2O4S/c1-12-18(27-16-10-6-5-9-15(16)26-12)20(25)23-21-14(19(22)24)11-17(28-21)13-7-3-2-4-8-13/h2-12,18H,1H3,(H2,22,24)(H,23,25)/t12-,18-/m0/s1. The Bertz CT molecular complexity index is 1030. The zero-order valence-electron chi connectivity index (χ0n) is 15.0. The maximum atomic E-state index is 12.8. The molecule has 2 atom stereocenters. The molecule has 4 rings (SSSR count). The molecule has 7 heteroatoms. The highest BCUT2D eigenvalue weighted by molar-refractivity contribution is 7.20. The molecule has 2 aromatic carbocycles. The molecule has 1 aliphatic heterocycles. The van der Waals surface area contributed by atoms with Crippen LogP contribution in [0.15, 0.2) is 60.7 Å². The summed E-state index contributed by atoms with van der Waals surface area (Å²) in [6, 6.07) is 18.5. The average Bonchev–Trinajstić information content (AvgIpc) is 3.12. The van der Waals surface area contributed by atoms with Gasteiger partial charge >= 0.3 is 0 Å². The van der Waals surface area contributed by atoms with Gasteiger partial charge in [0, 0.05) is 4.88 Å². The molecule has 0 bridgehead atoms. The fourth-order valence-electron chi connectivity index (χ4n) is 3.00. The summed E-state index contributed by atoms with van der Waals surface area (Å²) in [5, 5.41) is 3.18. The number of hydrogen-bond acceptors (Lipinski definition) is 5. The normalized spacial score (nSPS) is 17.8. The third-order valence-corrected chi connectivity index (χ3v) is 5.49. The quantitative estimate of drug-likeness (QED) is 0.706. The van der Waals surface area contributed by atoms with E-state index in [9.17, 15) is 9.59 Å². The maximum absolute atomic E-state index is 12.8. The van der Waals surface area contributed by atoms with Crippen molar-refractivity contribution >= 4 is 28.2 Å². The van der Waals surface area contributed by atoms with Gasteiger partial charge in [0.25, 0.3) is 11.8 Å². The van der Waals surface area contributed by atoms with E-state index in [1.54, 1.807) is 25.1 Å². The highest BCUT2D eigenvalue weighted by atomic mass is 32.1. The van der Waals surface area contributed by atoms with E-state index in [1.165, 1.54) is 11.3 Å². The average molecular weight is 394 g/mol. The van der Waals surface area contributed by atoms with Crippen LogP contribution in [0.3, 0.4) is 0 Å². The highest BCUT2D eigenvalue weighted by Gasteiger charge is 2.34. The summed E-state index contributed by atoms with van der Waals surface area (Å²) >= 11 is 1.29. The summed E-state index contributed by atoms with van der Waals surface area (Å²) in [6.45, 7) is 1.76. The largest absolute Gasteiger partial charge is 0.482 e. The first-order valence-electron chi connectivity index (χ1n) is 8.75. The van der Waals surface area contributed by atoms with E-state index in [0.29, 0.717) is 16.5 Å². The van der Waals surface area contributed by atoms with Crippen molar-refractivity contribution in [1.29, 1.82) is 0 Å². The molecule has 6 nitrogen and oxygen atoms in total. The van der Waals surface area contributed by atoms with E-state index >= 15 is 0 Å². The molecule has 2 amide bonds. The lowest BCUT2D eigenvalue weighted by Gasteiger charge is -2.30. The molecule has 0 radical (unpaired) electrons. The lowest BCUT2D eigenvalue weighted by molar-refractivity contribution is -0.127. The maximum Gasteiger partial charge on any atom is 0.269 e. The molecular formula is C21H18N2O4S. The monoisotopic (exact) mass is 394 g/mol. The van der Waals surface area contributed by atoms with Gasteiger partial charge in [0.1, 0.15) is 11.1 Å². The Labute approximate surface area is 165 Å². The third kappa shape index (κ3) is 3.44. The molecule has 1 aromatic heterocycles. The Kier molecular flexibility index (Phi) is 4.75. The number of primary amides is 1. The SMILES string of the molecule is C[C@@H]1Oc2ccccc2O[C@@H]1C(=O)Nc1sc(-c2ccccc2)cc1C(N)=O. The fourth-order valence-corrected chi connectivity index (χ4v) is 4.07. The van der Waals surface area contributed by atoms with Gasteiger partial charge in [-0.15, -0.1) is 11.3 Å². The molecule has 28 heavy (non-hydrogen) atoms. The van der Waals surface area contributed by atoms with Gasteiger partial charge in [0.2, 0.25) is 6.10 Å². The van der Waals surface area contributed by atoms with Crippen LogP contribution in [0.4, 0.5) is 5.00 Å². The minimum atomic E-state index is -0.849. The highest BCUT2D eigenvalue weighted by Crippen LogP contribution is 2.37. The molecule has 142 valence electrons. The molecule has 0 spiro atoms. The van der Waals surface area contributed by atoms with Gasteiger partial charge in [-0.3, -0.25) is 9.59 Å². The first-order chi connectivity index (χ1) is 13.5. The van der Waals surface area contributed by atoms with Crippen LogP contribution in [0, 0.1) is 0 Å². The number of carbonyl (C=O) groups excluding carboxylic acids is 2. The van der Waals surface area contributed by atoms with Crippen LogP contribution in [0.2, 0.25) is 0 Å². The fraction of sp³-hybridized carbons (Fsp3) is 0.143.